The molecule has 0 bridgehead atoms. The van der Waals surface area contributed by atoms with Gasteiger partial charge in [-0.2, -0.15) is 14.0 Å². The molecule has 174 valence electrons. The minimum Gasteiger partial charge on any atom is -0.382 e. The number of thiophene rings is 1. The molecule has 0 unspecified atom stereocenters. The molecule has 0 saturated carbocycles. The number of aromatic nitrogens is 4. The molecular formula is C22H23F2N5O2S2. The van der Waals surface area contributed by atoms with Gasteiger partial charge in [0.25, 0.3) is 5.24 Å². The second kappa shape index (κ2) is 10.5. The molecule has 2 N–H and O–H groups in total. The Kier molecular flexibility index (Phi) is 7.51. The summed E-state index contributed by atoms with van der Waals surface area (Å²) >= 11 is 2.80. The molecule has 1 aromatic carbocycles. The van der Waals surface area contributed by atoms with Gasteiger partial charge in [-0.3, -0.25) is 4.79 Å². The van der Waals surface area contributed by atoms with Gasteiger partial charge in [-0.25, -0.2) is 0 Å². The average molecular weight is 492 g/mol. The van der Waals surface area contributed by atoms with Crippen LogP contribution in [0.3, 0.4) is 0 Å². The number of benzene rings is 1. The number of aryl methyl sites for hydroxylation is 1. The number of carbonyl (C=O) groups is 1. The molecule has 11 heteroatoms. The zero-order valence-corrected chi connectivity index (χ0v) is 19.2. The maximum Gasteiger partial charge on any atom is 0.302 e. The Bertz CT molecular complexity index is 1080. The number of aromatic amines is 1. The first-order valence-corrected chi connectivity index (χ1v) is 12.3. The number of carbonyl (C=O) groups excluding carboxylic acids is 1. The molecule has 0 aliphatic carbocycles. The van der Waals surface area contributed by atoms with Gasteiger partial charge in [0.15, 0.2) is 0 Å². The number of H-pyrrole nitrogens is 1. The van der Waals surface area contributed by atoms with E-state index >= 15 is 0 Å². The van der Waals surface area contributed by atoms with Crippen molar-refractivity contribution in [3.05, 3.63) is 65.1 Å². The molecule has 4 rings (SSSR count). The van der Waals surface area contributed by atoms with E-state index in [0.29, 0.717) is 24.5 Å². The predicted molar refractivity (Wildman–Crippen MR) is 124 cm³/mol. The second-order valence-electron chi connectivity index (χ2n) is 7.59. The summed E-state index contributed by atoms with van der Waals surface area (Å²) < 4.78 is 29.1. The number of halogens is 2. The molecule has 1 saturated heterocycles. The standard InChI is InChI=1S/C22H23F2N5O2S2/c23-22(24,15-5-2-1-3-6-15)19(30)11-8-16-12-14-32-21(31)29(16)13-4-7-17-9-10-18(33-17)20-25-27-28-26-20/h1-3,5-6,8-11,16,19,30H,4,7,12-14H2,(H,25,26,27,28)/b11-8+/t16-,19-/m0/s1. The Hall–Kier alpha value is -2.63. The molecule has 1 amide bonds. The summed E-state index contributed by atoms with van der Waals surface area (Å²) in [5.41, 5.74) is -0.245. The van der Waals surface area contributed by atoms with Crippen LogP contribution in [0.1, 0.15) is 23.3 Å². The number of nitrogens with one attached hydrogen (secondary N) is 1. The van der Waals surface area contributed by atoms with Crippen molar-refractivity contribution in [1.82, 2.24) is 25.5 Å². The van der Waals surface area contributed by atoms with Gasteiger partial charge in [-0.15, -0.1) is 21.5 Å². The summed E-state index contributed by atoms with van der Waals surface area (Å²) in [6.45, 7) is 0.501. The van der Waals surface area contributed by atoms with Crippen LogP contribution in [0.15, 0.2) is 54.6 Å². The van der Waals surface area contributed by atoms with E-state index in [1.54, 1.807) is 28.4 Å². The van der Waals surface area contributed by atoms with Crippen LogP contribution in [-0.2, 0) is 12.3 Å². The lowest BCUT2D eigenvalue weighted by atomic mass is 10.0. The van der Waals surface area contributed by atoms with Crippen molar-refractivity contribution in [2.75, 3.05) is 12.3 Å². The van der Waals surface area contributed by atoms with Crippen molar-refractivity contribution in [3.8, 4) is 10.7 Å². The van der Waals surface area contributed by atoms with Crippen molar-refractivity contribution in [3.63, 3.8) is 0 Å². The predicted octanol–water partition coefficient (Wildman–Crippen LogP) is 4.50. The lowest BCUT2D eigenvalue weighted by Gasteiger charge is -2.33. The summed E-state index contributed by atoms with van der Waals surface area (Å²) in [7, 11) is 0. The Morgan fingerprint density at radius 1 is 1.27 bits per heavy atom. The molecule has 0 radical (unpaired) electrons. The molecule has 3 aromatic rings. The quantitative estimate of drug-likeness (QED) is 0.428. The number of alkyl halides is 2. The normalized spacial score (nSPS) is 18.2. The van der Waals surface area contributed by atoms with Gasteiger partial charge < -0.3 is 10.0 Å². The molecule has 1 aliphatic heterocycles. The number of tetrazole rings is 1. The van der Waals surface area contributed by atoms with Crippen molar-refractivity contribution in [2.45, 2.75) is 37.3 Å². The maximum absolute atomic E-state index is 14.6. The minimum atomic E-state index is -3.41. The summed E-state index contributed by atoms with van der Waals surface area (Å²) in [5, 5.41) is 24.0. The van der Waals surface area contributed by atoms with Crippen LogP contribution in [0.2, 0.25) is 0 Å². The smallest absolute Gasteiger partial charge is 0.302 e. The van der Waals surface area contributed by atoms with Gasteiger partial charge >= 0.3 is 5.92 Å². The van der Waals surface area contributed by atoms with E-state index < -0.39 is 12.0 Å². The summed E-state index contributed by atoms with van der Waals surface area (Å²) in [4.78, 5) is 16.2. The molecule has 3 heterocycles. The zero-order chi connectivity index (χ0) is 23.3. The van der Waals surface area contributed by atoms with Crippen LogP contribution in [0.4, 0.5) is 13.6 Å². The maximum atomic E-state index is 14.6. The number of amides is 1. The molecular weight excluding hydrogens is 468 g/mol. The third kappa shape index (κ3) is 5.66. The van der Waals surface area contributed by atoms with Gasteiger partial charge in [0, 0.05) is 22.7 Å². The first-order valence-electron chi connectivity index (χ1n) is 10.5. The van der Waals surface area contributed by atoms with E-state index in [1.165, 1.54) is 36.0 Å². The summed E-state index contributed by atoms with van der Waals surface area (Å²) in [6.07, 6.45) is 2.83. The Balaban J connectivity index is 1.36. The third-order valence-electron chi connectivity index (χ3n) is 5.37. The Labute approximate surface area is 197 Å². The van der Waals surface area contributed by atoms with Gasteiger partial charge in [0.05, 0.1) is 10.9 Å². The van der Waals surface area contributed by atoms with Crippen LogP contribution in [0, 0.1) is 0 Å². The zero-order valence-electron chi connectivity index (χ0n) is 17.6. The van der Waals surface area contributed by atoms with E-state index in [1.807, 2.05) is 12.1 Å². The van der Waals surface area contributed by atoms with Crippen molar-refractivity contribution in [1.29, 1.82) is 0 Å². The number of nitrogens with zero attached hydrogens (tertiary/aromatic N) is 4. The Morgan fingerprint density at radius 2 is 2.09 bits per heavy atom. The number of aliphatic hydroxyl groups excluding tert-OH is 1. The Morgan fingerprint density at radius 3 is 2.85 bits per heavy atom. The van der Waals surface area contributed by atoms with E-state index in [0.717, 1.165) is 28.7 Å². The van der Waals surface area contributed by atoms with Gasteiger partial charge in [0.2, 0.25) is 5.82 Å². The van der Waals surface area contributed by atoms with Crippen molar-refractivity contribution in [2.24, 2.45) is 0 Å². The molecule has 2 aromatic heterocycles. The summed E-state index contributed by atoms with van der Waals surface area (Å²) in [6, 6.07) is 10.9. The van der Waals surface area contributed by atoms with Crippen molar-refractivity contribution < 1.29 is 18.7 Å². The number of hydrogen-bond acceptors (Lipinski definition) is 7. The monoisotopic (exact) mass is 491 g/mol. The minimum absolute atomic E-state index is 0.0705. The highest BCUT2D eigenvalue weighted by Crippen LogP contribution is 2.33. The number of thioether (sulfide) groups is 1. The SMILES string of the molecule is O=C1SCC[C@H](/C=C/[C@H](O)C(F)(F)c2ccccc2)N1CCCc1ccc(-c2nn[nH]n2)s1. The lowest BCUT2D eigenvalue weighted by Crippen LogP contribution is -2.42. The number of rotatable bonds is 9. The van der Waals surface area contributed by atoms with Crippen LogP contribution in [-0.4, -0.2) is 60.3 Å². The first-order chi connectivity index (χ1) is 15.9. The van der Waals surface area contributed by atoms with Crippen LogP contribution >= 0.6 is 23.1 Å². The summed E-state index contributed by atoms with van der Waals surface area (Å²) in [5.74, 6) is -2.25. The van der Waals surface area contributed by atoms with E-state index in [4.69, 9.17) is 0 Å². The molecule has 1 fully saturated rings. The molecule has 7 nitrogen and oxygen atoms in total. The fraction of sp³-hybridized carbons (Fsp3) is 0.364. The van der Waals surface area contributed by atoms with Gasteiger partial charge in [0.1, 0.15) is 6.10 Å². The molecule has 33 heavy (non-hydrogen) atoms. The third-order valence-corrected chi connectivity index (χ3v) is 7.43. The van der Waals surface area contributed by atoms with Gasteiger partial charge in [-0.1, -0.05) is 54.2 Å². The van der Waals surface area contributed by atoms with Crippen LogP contribution in [0.25, 0.3) is 10.7 Å². The highest BCUT2D eigenvalue weighted by Gasteiger charge is 2.39. The molecule has 2 atom stereocenters. The lowest BCUT2D eigenvalue weighted by molar-refractivity contribution is -0.0929. The number of hydrogen-bond donors (Lipinski definition) is 2. The highest BCUT2D eigenvalue weighted by atomic mass is 32.2. The van der Waals surface area contributed by atoms with Crippen molar-refractivity contribution >= 4 is 28.3 Å². The molecule has 0 spiro atoms. The number of aliphatic hydroxyl groups is 1. The highest BCUT2D eigenvalue weighted by molar-refractivity contribution is 8.13. The van der Waals surface area contributed by atoms with E-state index in [2.05, 4.69) is 20.6 Å². The van der Waals surface area contributed by atoms with Crippen LogP contribution in [0.5, 0.6) is 0 Å². The largest absolute Gasteiger partial charge is 0.382 e. The fourth-order valence-electron chi connectivity index (χ4n) is 3.61. The van der Waals surface area contributed by atoms with E-state index in [9.17, 15) is 18.7 Å². The average Bonchev–Trinajstić information content (AvgIpc) is 3.51. The molecule has 1 aliphatic rings. The van der Waals surface area contributed by atoms with Crippen LogP contribution < -0.4 is 0 Å². The van der Waals surface area contributed by atoms with Gasteiger partial charge in [-0.05, 0) is 36.6 Å². The second-order valence-corrected chi connectivity index (χ2v) is 9.80. The topological polar surface area (TPSA) is 95.0 Å². The first kappa shape index (κ1) is 23.5. The fourth-order valence-corrected chi connectivity index (χ4v) is 5.51. The van der Waals surface area contributed by atoms with E-state index in [-0.39, 0.29) is 16.8 Å².